The molecule has 0 radical (unpaired) electrons. The number of aliphatic hydroxyl groups is 1. The van der Waals surface area contributed by atoms with Crippen molar-refractivity contribution in [3.05, 3.63) is 27.7 Å². The predicted octanol–water partition coefficient (Wildman–Crippen LogP) is 2.03. The summed E-state index contributed by atoms with van der Waals surface area (Å²) in [6.07, 6.45) is -0.943. The monoisotopic (exact) mass is 346 g/mol. The number of hydrogen-bond acceptors (Lipinski definition) is 4. The normalized spacial score (nSPS) is 17.4. The molecular weight excluding hydrogens is 327 g/mol. The molecule has 1 unspecified atom stereocenters. The number of methoxy groups -OCH3 is 1. The average molecular weight is 347 g/mol. The van der Waals surface area contributed by atoms with Gasteiger partial charge in [-0.15, -0.1) is 0 Å². The highest BCUT2D eigenvalue weighted by atomic mass is 35.5. The van der Waals surface area contributed by atoms with Crippen molar-refractivity contribution in [2.45, 2.75) is 19.6 Å². The van der Waals surface area contributed by atoms with E-state index in [0.29, 0.717) is 35.4 Å². The Kier molecular flexibility index (Phi) is 5.92. The molecule has 1 N–H and O–H groups in total. The van der Waals surface area contributed by atoms with Crippen LogP contribution in [-0.2, 0) is 11.3 Å². The summed E-state index contributed by atoms with van der Waals surface area (Å²) in [5.74, 6) is 0.341. The van der Waals surface area contributed by atoms with Gasteiger partial charge in [-0.05, 0) is 18.6 Å². The molecule has 1 aromatic carbocycles. The van der Waals surface area contributed by atoms with Crippen LogP contribution in [0.3, 0.4) is 0 Å². The van der Waals surface area contributed by atoms with Gasteiger partial charge in [-0.25, -0.2) is 0 Å². The largest absolute Gasteiger partial charge is 0.495 e. The van der Waals surface area contributed by atoms with Gasteiger partial charge in [0.05, 0.1) is 12.1 Å². The number of piperazine rings is 1. The molecule has 1 heterocycles. The zero-order valence-corrected chi connectivity index (χ0v) is 14.2. The zero-order chi connectivity index (χ0) is 16.3. The Balaban J connectivity index is 1.96. The number of halogens is 2. The van der Waals surface area contributed by atoms with Gasteiger partial charge in [0, 0.05) is 43.8 Å². The van der Waals surface area contributed by atoms with Crippen LogP contribution in [0.1, 0.15) is 12.5 Å². The molecule has 1 fully saturated rings. The molecule has 122 valence electrons. The van der Waals surface area contributed by atoms with Crippen LogP contribution in [0.25, 0.3) is 0 Å². The number of carbonyl (C=O) groups is 1. The topological polar surface area (TPSA) is 53.0 Å². The third-order valence-electron chi connectivity index (χ3n) is 3.76. The van der Waals surface area contributed by atoms with E-state index >= 15 is 0 Å². The average Bonchev–Trinajstić information content (AvgIpc) is 2.50. The predicted molar refractivity (Wildman–Crippen MR) is 86.6 cm³/mol. The molecule has 1 amide bonds. The summed E-state index contributed by atoms with van der Waals surface area (Å²) in [7, 11) is 1.55. The number of carbonyl (C=O) groups excluding carboxylic acids is 1. The fraction of sp³-hybridized carbons (Fsp3) is 0.533. The lowest BCUT2D eigenvalue weighted by atomic mass is 10.1. The SMILES string of the molecule is COc1cc(Cl)c(CN2CCN(C(=O)C(C)O)CC2)cc1Cl. The van der Waals surface area contributed by atoms with Crippen LogP contribution in [0.15, 0.2) is 12.1 Å². The van der Waals surface area contributed by atoms with Gasteiger partial charge in [-0.1, -0.05) is 23.2 Å². The standard InChI is InChI=1S/C15H20Cl2N2O3/c1-10(20)15(21)19-5-3-18(4-6-19)9-11-7-13(17)14(22-2)8-12(11)16/h7-8,10,20H,3-6,9H2,1-2H3. The lowest BCUT2D eigenvalue weighted by Gasteiger charge is -2.35. The Morgan fingerprint density at radius 1 is 1.27 bits per heavy atom. The summed E-state index contributed by atoms with van der Waals surface area (Å²) in [4.78, 5) is 15.6. The maximum atomic E-state index is 11.7. The van der Waals surface area contributed by atoms with Gasteiger partial charge in [-0.3, -0.25) is 9.69 Å². The van der Waals surface area contributed by atoms with Crippen molar-refractivity contribution in [2.24, 2.45) is 0 Å². The first kappa shape index (κ1) is 17.3. The van der Waals surface area contributed by atoms with Crippen LogP contribution < -0.4 is 4.74 Å². The van der Waals surface area contributed by atoms with Crippen molar-refractivity contribution in [3.63, 3.8) is 0 Å². The molecule has 1 atom stereocenters. The van der Waals surface area contributed by atoms with Crippen LogP contribution >= 0.6 is 23.2 Å². The molecule has 0 spiro atoms. The quantitative estimate of drug-likeness (QED) is 0.906. The molecule has 0 bridgehead atoms. The molecular formula is C15H20Cl2N2O3. The van der Waals surface area contributed by atoms with Crippen LogP contribution in [-0.4, -0.2) is 60.2 Å². The van der Waals surface area contributed by atoms with E-state index in [1.54, 1.807) is 18.1 Å². The molecule has 7 heteroatoms. The third kappa shape index (κ3) is 4.04. The summed E-state index contributed by atoms with van der Waals surface area (Å²) < 4.78 is 5.14. The van der Waals surface area contributed by atoms with Gasteiger partial charge in [-0.2, -0.15) is 0 Å². The second-order valence-corrected chi connectivity index (χ2v) is 6.17. The Bertz CT molecular complexity index is 544. The van der Waals surface area contributed by atoms with Crippen molar-refractivity contribution in [1.82, 2.24) is 9.80 Å². The Labute approximate surface area is 140 Å². The Morgan fingerprint density at radius 2 is 1.91 bits per heavy atom. The van der Waals surface area contributed by atoms with Crippen molar-refractivity contribution in [2.75, 3.05) is 33.3 Å². The first-order chi connectivity index (χ1) is 10.4. The summed E-state index contributed by atoms with van der Waals surface area (Å²) in [5, 5.41) is 10.5. The van der Waals surface area contributed by atoms with Crippen molar-refractivity contribution in [3.8, 4) is 5.75 Å². The van der Waals surface area contributed by atoms with Crippen molar-refractivity contribution < 1.29 is 14.6 Å². The fourth-order valence-electron chi connectivity index (χ4n) is 2.48. The van der Waals surface area contributed by atoms with E-state index in [-0.39, 0.29) is 5.91 Å². The van der Waals surface area contributed by atoms with Crippen LogP contribution in [0.5, 0.6) is 5.75 Å². The maximum absolute atomic E-state index is 11.7. The summed E-state index contributed by atoms with van der Waals surface area (Å²) in [5.41, 5.74) is 0.933. The van der Waals surface area contributed by atoms with Crippen molar-refractivity contribution in [1.29, 1.82) is 0 Å². The van der Waals surface area contributed by atoms with Gasteiger partial charge in [0.15, 0.2) is 0 Å². The van der Waals surface area contributed by atoms with Gasteiger partial charge in [0.25, 0.3) is 5.91 Å². The highest BCUT2D eigenvalue weighted by molar-refractivity contribution is 6.34. The third-order valence-corrected chi connectivity index (χ3v) is 4.40. The summed E-state index contributed by atoms with van der Waals surface area (Å²) in [6, 6.07) is 3.53. The second-order valence-electron chi connectivity index (χ2n) is 5.36. The first-order valence-electron chi connectivity index (χ1n) is 7.13. The minimum Gasteiger partial charge on any atom is -0.495 e. The Morgan fingerprint density at radius 3 is 2.45 bits per heavy atom. The highest BCUT2D eigenvalue weighted by Crippen LogP contribution is 2.31. The van der Waals surface area contributed by atoms with Crippen LogP contribution in [0, 0.1) is 0 Å². The van der Waals surface area contributed by atoms with E-state index in [1.165, 1.54) is 6.92 Å². The van der Waals surface area contributed by atoms with Gasteiger partial charge >= 0.3 is 0 Å². The van der Waals surface area contributed by atoms with E-state index in [4.69, 9.17) is 27.9 Å². The van der Waals surface area contributed by atoms with Gasteiger partial charge in [0.2, 0.25) is 0 Å². The number of ether oxygens (including phenoxy) is 1. The molecule has 1 aliphatic heterocycles. The van der Waals surface area contributed by atoms with Gasteiger partial charge < -0.3 is 14.7 Å². The van der Waals surface area contributed by atoms with Crippen LogP contribution in [0.2, 0.25) is 10.0 Å². The van der Waals surface area contributed by atoms with Crippen LogP contribution in [0.4, 0.5) is 0 Å². The molecule has 0 aromatic heterocycles. The highest BCUT2D eigenvalue weighted by Gasteiger charge is 2.24. The van der Waals surface area contributed by atoms with Crippen molar-refractivity contribution >= 4 is 29.1 Å². The molecule has 0 aliphatic carbocycles. The molecule has 1 aliphatic rings. The number of amides is 1. The summed E-state index contributed by atoms with van der Waals surface area (Å²) in [6.45, 7) is 4.83. The second kappa shape index (κ2) is 7.51. The fourth-order valence-corrected chi connectivity index (χ4v) is 2.96. The lowest BCUT2D eigenvalue weighted by Crippen LogP contribution is -2.50. The number of benzene rings is 1. The molecule has 0 saturated carbocycles. The number of hydrogen-bond donors (Lipinski definition) is 1. The minimum absolute atomic E-state index is 0.217. The van der Waals surface area contributed by atoms with E-state index in [0.717, 1.165) is 18.7 Å². The van der Waals surface area contributed by atoms with E-state index < -0.39 is 6.10 Å². The number of rotatable bonds is 4. The van der Waals surface area contributed by atoms with E-state index in [1.807, 2.05) is 6.07 Å². The molecule has 1 aromatic rings. The smallest absolute Gasteiger partial charge is 0.251 e. The summed E-state index contributed by atoms with van der Waals surface area (Å²) >= 11 is 12.4. The molecule has 22 heavy (non-hydrogen) atoms. The zero-order valence-electron chi connectivity index (χ0n) is 12.7. The van der Waals surface area contributed by atoms with E-state index in [2.05, 4.69) is 4.90 Å². The number of nitrogens with zero attached hydrogens (tertiary/aromatic N) is 2. The van der Waals surface area contributed by atoms with Gasteiger partial charge in [0.1, 0.15) is 11.9 Å². The minimum atomic E-state index is -0.943. The maximum Gasteiger partial charge on any atom is 0.251 e. The Hall–Kier alpha value is -1.01. The molecule has 5 nitrogen and oxygen atoms in total. The van der Waals surface area contributed by atoms with E-state index in [9.17, 15) is 9.90 Å². The molecule has 1 saturated heterocycles. The lowest BCUT2D eigenvalue weighted by molar-refractivity contribution is -0.141. The number of aliphatic hydroxyl groups excluding tert-OH is 1. The first-order valence-corrected chi connectivity index (χ1v) is 7.89. The molecule has 2 rings (SSSR count).